The van der Waals surface area contributed by atoms with Crippen molar-refractivity contribution in [2.75, 3.05) is 20.3 Å². The van der Waals surface area contributed by atoms with Gasteiger partial charge in [-0.3, -0.25) is 0 Å². The number of halogens is 2. The summed E-state index contributed by atoms with van der Waals surface area (Å²) in [5.74, 6) is -0.621. The first-order chi connectivity index (χ1) is 14.4. The Balaban J connectivity index is 1.91. The van der Waals surface area contributed by atoms with E-state index in [-0.39, 0.29) is 18.2 Å². The summed E-state index contributed by atoms with van der Waals surface area (Å²) in [7, 11) is 1.27. The number of carbonyl (C=O) groups excluding carboxylic acids is 2. The van der Waals surface area contributed by atoms with Crippen LogP contribution in [0.1, 0.15) is 18.1 Å². The number of rotatable bonds is 7. The van der Waals surface area contributed by atoms with Gasteiger partial charge in [0.15, 0.2) is 23.8 Å². The van der Waals surface area contributed by atoms with E-state index in [9.17, 15) is 14.0 Å². The highest BCUT2D eigenvalue weighted by Gasteiger charge is 2.24. The van der Waals surface area contributed by atoms with Crippen molar-refractivity contribution in [3.8, 4) is 11.5 Å². The van der Waals surface area contributed by atoms with E-state index in [1.807, 2.05) is 29.5 Å². The molecule has 1 heterocycles. The average Bonchev–Trinajstić information content (AvgIpc) is 3.08. The van der Waals surface area contributed by atoms with Crippen molar-refractivity contribution < 1.29 is 32.9 Å². The lowest BCUT2D eigenvalue weighted by Crippen LogP contribution is -2.14. The molecule has 2 aromatic rings. The minimum absolute atomic E-state index is 0.0933. The maximum absolute atomic E-state index is 13.1. The molecule has 0 unspecified atom stereocenters. The molecular formula is C21H17FINO6. The molecule has 0 bridgehead atoms. The summed E-state index contributed by atoms with van der Waals surface area (Å²) < 4.78 is 34.7. The second kappa shape index (κ2) is 9.70. The first-order valence-electron chi connectivity index (χ1n) is 8.85. The topological polar surface area (TPSA) is 83.4 Å². The van der Waals surface area contributed by atoms with Crippen LogP contribution in [0.3, 0.4) is 0 Å². The molecule has 0 N–H and O–H groups in total. The van der Waals surface area contributed by atoms with E-state index in [4.69, 9.17) is 14.2 Å². The lowest BCUT2D eigenvalue weighted by molar-refractivity contribution is -0.143. The van der Waals surface area contributed by atoms with Gasteiger partial charge < -0.3 is 18.9 Å². The number of aliphatic imine (C=N–C) groups is 1. The molecule has 0 saturated carbocycles. The summed E-state index contributed by atoms with van der Waals surface area (Å²) in [5, 5.41) is 0. The fourth-order valence-electron chi connectivity index (χ4n) is 2.55. The zero-order chi connectivity index (χ0) is 21.7. The van der Waals surface area contributed by atoms with Gasteiger partial charge in [0.05, 0.1) is 17.3 Å². The van der Waals surface area contributed by atoms with E-state index in [1.54, 1.807) is 18.2 Å². The molecule has 0 saturated heterocycles. The number of benzene rings is 2. The minimum Gasteiger partial charge on any atom is -0.490 e. The molecule has 0 aliphatic carbocycles. The molecule has 30 heavy (non-hydrogen) atoms. The number of esters is 2. The van der Waals surface area contributed by atoms with E-state index in [0.29, 0.717) is 32.8 Å². The maximum Gasteiger partial charge on any atom is 0.363 e. The predicted molar refractivity (Wildman–Crippen MR) is 115 cm³/mol. The lowest BCUT2D eigenvalue weighted by atomic mass is 10.1. The van der Waals surface area contributed by atoms with Crippen LogP contribution in [-0.4, -0.2) is 38.2 Å². The number of methoxy groups -OCH3 is 1. The Morgan fingerprint density at radius 2 is 1.97 bits per heavy atom. The number of hydrogen-bond acceptors (Lipinski definition) is 7. The van der Waals surface area contributed by atoms with E-state index in [1.165, 1.54) is 31.4 Å². The summed E-state index contributed by atoms with van der Waals surface area (Å²) in [6.45, 7) is 1.93. The van der Waals surface area contributed by atoms with Crippen molar-refractivity contribution in [1.29, 1.82) is 0 Å². The van der Waals surface area contributed by atoms with Gasteiger partial charge in [-0.2, -0.15) is 0 Å². The summed E-state index contributed by atoms with van der Waals surface area (Å²) in [5.41, 5.74) is 1.21. The van der Waals surface area contributed by atoms with E-state index >= 15 is 0 Å². The van der Waals surface area contributed by atoms with Gasteiger partial charge in [-0.15, -0.1) is 0 Å². The highest BCUT2D eigenvalue weighted by atomic mass is 127. The van der Waals surface area contributed by atoms with Gasteiger partial charge in [0.25, 0.3) is 0 Å². The highest BCUT2D eigenvalue weighted by Crippen LogP contribution is 2.35. The first-order valence-corrected chi connectivity index (χ1v) is 9.93. The van der Waals surface area contributed by atoms with Crippen LogP contribution in [0.5, 0.6) is 11.5 Å². The third-order valence-electron chi connectivity index (χ3n) is 3.91. The van der Waals surface area contributed by atoms with Crippen molar-refractivity contribution in [2.24, 2.45) is 4.99 Å². The second-order valence-electron chi connectivity index (χ2n) is 5.97. The molecule has 156 valence electrons. The lowest BCUT2D eigenvalue weighted by Gasteiger charge is -2.14. The molecule has 1 aliphatic heterocycles. The van der Waals surface area contributed by atoms with Crippen LogP contribution in [0.15, 0.2) is 47.1 Å². The smallest absolute Gasteiger partial charge is 0.363 e. The van der Waals surface area contributed by atoms with Gasteiger partial charge >= 0.3 is 11.9 Å². The Hall–Kier alpha value is -2.95. The van der Waals surface area contributed by atoms with Crippen molar-refractivity contribution in [2.45, 2.75) is 6.92 Å². The van der Waals surface area contributed by atoms with Crippen LogP contribution < -0.4 is 9.47 Å². The Morgan fingerprint density at radius 3 is 2.63 bits per heavy atom. The number of hydrogen-bond donors (Lipinski definition) is 0. The van der Waals surface area contributed by atoms with Crippen LogP contribution in [0.2, 0.25) is 0 Å². The SMILES string of the molecule is CCOc1cc(/C=C2\N=C(c3ccc(F)cc3)OC2=O)cc(I)c1OCC(=O)OC. The summed E-state index contributed by atoms with van der Waals surface area (Å²) >= 11 is 2.04. The first kappa shape index (κ1) is 21.8. The zero-order valence-electron chi connectivity index (χ0n) is 16.1. The number of cyclic esters (lactones) is 1. The number of nitrogens with zero attached hydrogens (tertiary/aromatic N) is 1. The molecule has 3 rings (SSSR count). The largest absolute Gasteiger partial charge is 0.490 e. The van der Waals surface area contributed by atoms with Crippen molar-refractivity contribution in [3.63, 3.8) is 0 Å². The number of carbonyl (C=O) groups is 2. The number of ether oxygens (including phenoxy) is 4. The van der Waals surface area contributed by atoms with Crippen LogP contribution in [0.4, 0.5) is 4.39 Å². The van der Waals surface area contributed by atoms with Gasteiger partial charge in [-0.25, -0.2) is 19.0 Å². The monoisotopic (exact) mass is 525 g/mol. The van der Waals surface area contributed by atoms with E-state index < -0.39 is 17.8 Å². The predicted octanol–water partition coefficient (Wildman–Crippen LogP) is 3.73. The van der Waals surface area contributed by atoms with Gasteiger partial charge in [-0.05, 0) is 77.6 Å². The van der Waals surface area contributed by atoms with Crippen LogP contribution >= 0.6 is 22.6 Å². The highest BCUT2D eigenvalue weighted by molar-refractivity contribution is 14.1. The van der Waals surface area contributed by atoms with E-state index in [0.717, 1.165) is 0 Å². The minimum atomic E-state index is -0.617. The normalized spacial score (nSPS) is 14.3. The molecule has 7 nitrogen and oxygen atoms in total. The molecule has 0 spiro atoms. The average molecular weight is 525 g/mol. The van der Waals surface area contributed by atoms with Gasteiger partial charge in [-0.1, -0.05) is 0 Å². The van der Waals surface area contributed by atoms with Crippen LogP contribution in [-0.2, 0) is 19.1 Å². The zero-order valence-corrected chi connectivity index (χ0v) is 18.3. The molecule has 0 aromatic heterocycles. The molecule has 2 aromatic carbocycles. The molecular weight excluding hydrogens is 508 g/mol. The van der Waals surface area contributed by atoms with Crippen LogP contribution in [0.25, 0.3) is 6.08 Å². The fraction of sp³-hybridized carbons (Fsp3) is 0.190. The second-order valence-corrected chi connectivity index (χ2v) is 7.13. The maximum atomic E-state index is 13.1. The summed E-state index contributed by atoms with van der Waals surface area (Å²) in [6, 6.07) is 8.90. The van der Waals surface area contributed by atoms with Gasteiger partial charge in [0.2, 0.25) is 5.90 Å². The van der Waals surface area contributed by atoms with Crippen molar-refractivity contribution >= 4 is 46.5 Å². The quantitative estimate of drug-likeness (QED) is 0.312. The van der Waals surface area contributed by atoms with Crippen molar-refractivity contribution in [1.82, 2.24) is 0 Å². The van der Waals surface area contributed by atoms with Gasteiger partial charge in [0, 0.05) is 5.56 Å². The Kier molecular flexibility index (Phi) is 7.03. The summed E-state index contributed by atoms with van der Waals surface area (Å²) in [4.78, 5) is 27.8. The Labute approximate surface area is 185 Å². The summed E-state index contributed by atoms with van der Waals surface area (Å²) in [6.07, 6.45) is 1.55. The molecule has 0 fully saturated rings. The van der Waals surface area contributed by atoms with Crippen molar-refractivity contribution in [3.05, 3.63) is 62.6 Å². The molecule has 0 atom stereocenters. The molecule has 1 aliphatic rings. The van der Waals surface area contributed by atoms with E-state index in [2.05, 4.69) is 9.73 Å². The Bertz CT molecular complexity index is 1030. The van der Waals surface area contributed by atoms with Gasteiger partial charge in [0.1, 0.15) is 5.82 Å². The molecule has 0 radical (unpaired) electrons. The molecule has 9 heteroatoms. The molecule has 0 amide bonds. The van der Waals surface area contributed by atoms with Crippen LogP contribution in [0, 0.1) is 9.39 Å². The fourth-order valence-corrected chi connectivity index (χ4v) is 3.33. The Morgan fingerprint density at radius 1 is 1.23 bits per heavy atom. The third-order valence-corrected chi connectivity index (χ3v) is 4.71. The standard InChI is InChI=1S/C21H17FINO6/c1-3-28-17-10-12(8-15(23)19(17)29-11-18(25)27-2)9-16-21(26)30-20(24-16)13-4-6-14(22)7-5-13/h4-10H,3,11H2,1-2H3/b16-9-. The third kappa shape index (κ3) is 5.15.